The van der Waals surface area contributed by atoms with Gasteiger partial charge in [-0.25, -0.2) is 0 Å². The summed E-state index contributed by atoms with van der Waals surface area (Å²) in [5.74, 6) is 1.65. The van der Waals surface area contributed by atoms with Gasteiger partial charge in [-0.3, -0.25) is 10.1 Å². The van der Waals surface area contributed by atoms with Crippen LogP contribution < -0.4 is 24.8 Å². The first-order chi connectivity index (χ1) is 15.6. The van der Waals surface area contributed by atoms with Gasteiger partial charge in [-0.1, -0.05) is 51.3 Å². The number of thiocarbonyl (C=S) groups is 1. The Balaban J connectivity index is 1.89. The SMILES string of the molecule is CCCCCOc1ccccc1C(=O)NC(=S)NCc1ccc(OCCCC)c(OC)c1. The summed E-state index contributed by atoms with van der Waals surface area (Å²) in [5, 5.41) is 6.04. The third kappa shape index (κ3) is 8.38. The van der Waals surface area contributed by atoms with Gasteiger partial charge in [0.25, 0.3) is 5.91 Å². The molecule has 0 fully saturated rings. The quantitative estimate of drug-likeness (QED) is 0.316. The lowest BCUT2D eigenvalue weighted by molar-refractivity contribution is 0.0972. The number of para-hydroxylation sites is 1. The van der Waals surface area contributed by atoms with Crippen LogP contribution in [-0.4, -0.2) is 31.3 Å². The second-order valence-electron chi connectivity index (χ2n) is 7.38. The molecule has 2 N–H and O–H groups in total. The minimum absolute atomic E-state index is 0.248. The van der Waals surface area contributed by atoms with Gasteiger partial charge in [0.1, 0.15) is 5.75 Å². The van der Waals surface area contributed by atoms with Gasteiger partial charge in [-0.2, -0.15) is 0 Å². The molecule has 0 aliphatic rings. The third-order valence-electron chi connectivity index (χ3n) is 4.80. The van der Waals surface area contributed by atoms with Crippen LogP contribution in [0.5, 0.6) is 17.2 Å². The molecule has 0 heterocycles. The molecule has 1 amide bonds. The number of methoxy groups -OCH3 is 1. The van der Waals surface area contributed by atoms with Crippen molar-refractivity contribution in [2.24, 2.45) is 0 Å². The summed E-state index contributed by atoms with van der Waals surface area (Å²) in [6, 6.07) is 12.9. The Kier molecular flexibility index (Phi) is 11.4. The summed E-state index contributed by atoms with van der Waals surface area (Å²) in [6.07, 6.45) is 5.24. The molecule has 0 radical (unpaired) electrons. The molecular weight excluding hydrogens is 424 g/mol. The number of amides is 1. The van der Waals surface area contributed by atoms with Crippen molar-refractivity contribution in [1.82, 2.24) is 10.6 Å². The van der Waals surface area contributed by atoms with Crippen molar-refractivity contribution in [3.05, 3.63) is 53.6 Å². The Labute approximate surface area is 196 Å². The molecule has 2 aromatic rings. The highest BCUT2D eigenvalue weighted by Gasteiger charge is 2.14. The van der Waals surface area contributed by atoms with Gasteiger partial charge in [0.05, 0.1) is 25.9 Å². The number of nitrogens with one attached hydrogen (secondary N) is 2. The van der Waals surface area contributed by atoms with Crippen LogP contribution in [0.25, 0.3) is 0 Å². The van der Waals surface area contributed by atoms with E-state index in [9.17, 15) is 4.79 Å². The zero-order chi connectivity index (χ0) is 23.2. The van der Waals surface area contributed by atoms with Crippen molar-refractivity contribution in [3.8, 4) is 17.2 Å². The Morgan fingerprint density at radius 2 is 1.62 bits per heavy atom. The van der Waals surface area contributed by atoms with Crippen molar-refractivity contribution < 1.29 is 19.0 Å². The van der Waals surface area contributed by atoms with E-state index in [1.807, 2.05) is 24.3 Å². The van der Waals surface area contributed by atoms with E-state index in [0.717, 1.165) is 43.4 Å². The molecule has 0 atom stereocenters. The molecule has 0 aliphatic carbocycles. The molecule has 0 saturated carbocycles. The lowest BCUT2D eigenvalue weighted by Crippen LogP contribution is -2.39. The normalized spacial score (nSPS) is 10.3. The lowest BCUT2D eigenvalue weighted by atomic mass is 10.2. The van der Waals surface area contributed by atoms with Crippen LogP contribution >= 0.6 is 12.2 Å². The Bertz CT molecular complexity index is 873. The number of carbonyl (C=O) groups excluding carboxylic acids is 1. The third-order valence-corrected chi connectivity index (χ3v) is 5.05. The van der Waals surface area contributed by atoms with E-state index in [4.69, 9.17) is 26.4 Å². The average Bonchev–Trinajstić information content (AvgIpc) is 2.81. The maximum absolute atomic E-state index is 12.7. The van der Waals surface area contributed by atoms with E-state index in [0.29, 0.717) is 36.8 Å². The number of carbonyl (C=O) groups is 1. The van der Waals surface area contributed by atoms with Crippen LogP contribution in [0.15, 0.2) is 42.5 Å². The maximum Gasteiger partial charge on any atom is 0.261 e. The van der Waals surface area contributed by atoms with Gasteiger partial charge in [-0.15, -0.1) is 0 Å². The van der Waals surface area contributed by atoms with E-state index < -0.39 is 0 Å². The first kappa shape index (κ1) is 25.5. The molecular formula is C25H34N2O4S. The lowest BCUT2D eigenvalue weighted by Gasteiger charge is -2.14. The first-order valence-corrected chi connectivity index (χ1v) is 11.6. The first-order valence-electron chi connectivity index (χ1n) is 11.2. The van der Waals surface area contributed by atoms with E-state index >= 15 is 0 Å². The molecule has 0 bridgehead atoms. The van der Waals surface area contributed by atoms with Crippen molar-refractivity contribution >= 4 is 23.2 Å². The Hall–Kier alpha value is -2.80. The molecule has 0 unspecified atom stereocenters. The number of ether oxygens (including phenoxy) is 3. The molecule has 0 spiro atoms. The summed E-state index contributed by atoms with van der Waals surface area (Å²) in [6.45, 7) is 5.95. The van der Waals surface area contributed by atoms with Crippen LogP contribution in [0.3, 0.4) is 0 Å². The largest absolute Gasteiger partial charge is 0.493 e. The molecule has 0 aromatic heterocycles. The van der Waals surface area contributed by atoms with Crippen molar-refractivity contribution in [3.63, 3.8) is 0 Å². The number of unbranched alkanes of at least 4 members (excludes halogenated alkanes) is 3. The van der Waals surface area contributed by atoms with Gasteiger partial charge in [0.15, 0.2) is 16.6 Å². The molecule has 2 aromatic carbocycles. The second kappa shape index (κ2) is 14.3. The number of rotatable bonds is 13. The summed E-state index contributed by atoms with van der Waals surface area (Å²) >= 11 is 5.31. The molecule has 174 valence electrons. The highest BCUT2D eigenvalue weighted by Crippen LogP contribution is 2.28. The smallest absolute Gasteiger partial charge is 0.261 e. The molecule has 0 saturated heterocycles. The fourth-order valence-electron chi connectivity index (χ4n) is 2.98. The second-order valence-corrected chi connectivity index (χ2v) is 7.78. The molecule has 6 nitrogen and oxygen atoms in total. The minimum atomic E-state index is -0.300. The zero-order valence-electron chi connectivity index (χ0n) is 19.2. The van der Waals surface area contributed by atoms with Gasteiger partial charge in [0, 0.05) is 6.54 Å². The molecule has 32 heavy (non-hydrogen) atoms. The minimum Gasteiger partial charge on any atom is -0.493 e. The highest BCUT2D eigenvalue weighted by atomic mass is 32.1. The predicted molar refractivity (Wildman–Crippen MR) is 132 cm³/mol. The van der Waals surface area contributed by atoms with Gasteiger partial charge in [0.2, 0.25) is 0 Å². The van der Waals surface area contributed by atoms with Crippen molar-refractivity contribution in [2.75, 3.05) is 20.3 Å². The van der Waals surface area contributed by atoms with Gasteiger partial charge >= 0.3 is 0 Å². The average molecular weight is 459 g/mol. The summed E-state index contributed by atoms with van der Waals surface area (Å²) < 4.78 is 17.0. The predicted octanol–water partition coefficient (Wildman–Crippen LogP) is 5.25. The topological polar surface area (TPSA) is 68.8 Å². The Morgan fingerprint density at radius 3 is 2.38 bits per heavy atom. The van der Waals surface area contributed by atoms with Crippen LogP contribution in [0.1, 0.15) is 61.9 Å². The summed E-state index contributed by atoms with van der Waals surface area (Å²) in [7, 11) is 1.62. The van der Waals surface area contributed by atoms with Crippen molar-refractivity contribution in [2.45, 2.75) is 52.5 Å². The number of benzene rings is 2. The van der Waals surface area contributed by atoms with Gasteiger partial charge < -0.3 is 19.5 Å². The molecule has 0 aliphatic heterocycles. The van der Waals surface area contributed by atoms with Crippen molar-refractivity contribution in [1.29, 1.82) is 0 Å². The maximum atomic E-state index is 12.7. The van der Waals surface area contributed by atoms with E-state index in [-0.39, 0.29) is 11.0 Å². The van der Waals surface area contributed by atoms with Crippen LogP contribution in [-0.2, 0) is 6.54 Å². The van der Waals surface area contributed by atoms with Gasteiger partial charge in [-0.05, 0) is 54.9 Å². The monoisotopic (exact) mass is 458 g/mol. The summed E-state index contributed by atoms with van der Waals surface area (Å²) in [5.41, 5.74) is 1.42. The molecule has 2 rings (SSSR count). The highest BCUT2D eigenvalue weighted by molar-refractivity contribution is 7.80. The zero-order valence-corrected chi connectivity index (χ0v) is 20.1. The fourth-order valence-corrected chi connectivity index (χ4v) is 3.14. The van der Waals surface area contributed by atoms with Crippen LogP contribution in [0, 0.1) is 0 Å². The fraction of sp³-hybridized carbons (Fsp3) is 0.440. The summed E-state index contributed by atoms with van der Waals surface area (Å²) in [4.78, 5) is 12.7. The van der Waals surface area contributed by atoms with Crippen LogP contribution in [0.2, 0.25) is 0 Å². The van der Waals surface area contributed by atoms with Crippen LogP contribution in [0.4, 0.5) is 0 Å². The number of hydrogen-bond donors (Lipinski definition) is 2. The van der Waals surface area contributed by atoms with E-state index in [1.54, 1.807) is 25.3 Å². The number of hydrogen-bond acceptors (Lipinski definition) is 5. The standard InChI is InChI=1S/C25H34N2O4S/c1-4-6-10-16-30-21-12-9-8-11-20(21)24(28)27-25(32)26-18-19-13-14-22(23(17-19)29-3)31-15-7-5-2/h8-9,11-14,17H,4-7,10,15-16,18H2,1-3H3,(H2,26,27,28,32). The van der Waals surface area contributed by atoms with E-state index in [2.05, 4.69) is 24.5 Å². The molecule has 7 heteroatoms. The Morgan fingerprint density at radius 1 is 0.906 bits per heavy atom. The van der Waals surface area contributed by atoms with E-state index in [1.165, 1.54) is 0 Å².